The van der Waals surface area contributed by atoms with Crippen molar-refractivity contribution in [1.82, 2.24) is 25.0 Å². The van der Waals surface area contributed by atoms with E-state index >= 15 is 0 Å². The first-order valence-electron chi connectivity index (χ1n) is 8.91. The smallest absolute Gasteiger partial charge is 0.236 e. The lowest BCUT2D eigenvalue weighted by Crippen LogP contribution is -2.18. The fraction of sp³-hybridized carbons (Fsp3) is 0.471. The van der Waals surface area contributed by atoms with Crippen LogP contribution in [0.2, 0.25) is 0 Å². The van der Waals surface area contributed by atoms with Gasteiger partial charge in [-0.05, 0) is 32.8 Å². The Morgan fingerprint density at radius 1 is 1.36 bits per heavy atom. The van der Waals surface area contributed by atoms with Gasteiger partial charge in [0.25, 0.3) is 0 Å². The van der Waals surface area contributed by atoms with Gasteiger partial charge in [-0.3, -0.25) is 14.7 Å². The first-order chi connectivity index (χ1) is 13.6. The Hall–Kier alpha value is -1.82. The van der Waals surface area contributed by atoms with Crippen LogP contribution in [0.15, 0.2) is 16.6 Å². The highest BCUT2D eigenvalue weighted by Crippen LogP contribution is 2.29. The highest BCUT2D eigenvalue weighted by molar-refractivity contribution is 7.99. The number of rotatable bonds is 7. The average Bonchev–Trinajstić information content (AvgIpc) is 3.43. The van der Waals surface area contributed by atoms with E-state index in [1.807, 2.05) is 6.92 Å². The predicted molar refractivity (Wildman–Crippen MR) is 111 cm³/mol. The Balaban J connectivity index is 1.49. The van der Waals surface area contributed by atoms with Crippen LogP contribution in [-0.2, 0) is 16.1 Å². The number of aryl methyl sites for hydroxylation is 2. The number of aromatic nitrogens is 5. The summed E-state index contributed by atoms with van der Waals surface area (Å²) in [5.41, 5.74) is 1.05. The topological polar surface area (TPSA) is 94.8 Å². The maximum atomic E-state index is 12.3. The Kier molecular flexibility index (Phi) is 6.04. The molecule has 28 heavy (non-hydrogen) atoms. The molecule has 1 atom stereocenters. The SMILES string of the molecule is Cc1cc(-c2nnc(SCC(=O)Nc3nnc(C)s3)n2CC2CCCO2)cs1. The third kappa shape index (κ3) is 4.59. The molecule has 0 saturated carbocycles. The molecular formula is C17H20N6O2S3. The minimum Gasteiger partial charge on any atom is -0.376 e. The van der Waals surface area contributed by atoms with Gasteiger partial charge in [0, 0.05) is 22.4 Å². The minimum atomic E-state index is -0.138. The molecule has 4 rings (SSSR count). The summed E-state index contributed by atoms with van der Waals surface area (Å²) in [5.74, 6) is 0.911. The number of hydrogen-bond donors (Lipinski definition) is 1. The third-order valence-electron chi connectivity index (χ3n) is 4.22. The van der Waals surface area contributed by atoms with E-state index in [0.29, 0.717) is 11.7 Å². The molecular weight excluding hydrogens is 416 g/mol. The molecule has 8 nitrogen and oxygen atoms in total. The molecule has 0 aromatic carbocycles. The van der Waals surface area contributed by atoms with Gasteiger partial charge in [-0.2, -0.15) is 0 Å². The van der Waals surface area contributed by atoms with E-state index in [4.69, 9.17) is 4.74 Å². The molecule has 1 saturated heterocycles. The first kappa shape index (κ1) is 19.5. The number of thiophene rings is 1. The minimum absolute atomic E-state index is 0.138. The highest BCUT2D eigenvalue weighted by Gasteiger charge is 2.22. The van der Waals surface area contributed by atoms with Crippen LogP contribution < -0.4 is 5.32 Å². The number of ether oxygens (including phenoxy) is 1. The fourth-order valence-electron chi connectivity index (χ4n) is 2.96. The molecule has 148 valence electrons. The summed E-state index contributed by atoms with van der Waals surface area (Å²) in [4.78, 5) is 13.5. The van der Waals surface area contributed by atoms with Crippen molar-refractivity contribution in [2.45, 2.75) is 44.5 Å². The van der Waals surface area contributed by atoms with Crippen LogP contribution >= 0.6 is 34.4 Å². The molecule has 1 aliphatic rings. The van der Waals surface area contributed by atoms with E-state index in [-0.39, 0.29) is 17.8 Å². The number of amides is 1. The summed E-state index contributed by atoms with van der Waals surface area (Å²) in [6.45, 7) is 5.41. The first-order valence-corrected chi connectivity index (χ1v) is 11.6. The maximum absolute atomic E-state index is 12.3. The number of anilines is 1. The lowest BCUT2D eigenvalue weighted by Gasteiger charge is -2.14. The van der Waals surface area contributed by atoms with Crippen LogP contribution in [-0.4, -0.2) is 49.3 Å². The molecule has 0 bridgehead atoms. The summed E-state index contributed by atoms with van der Waals surface area (Å²) >= 11 is 4.41. The molecule has 0 radical (unpaired) electrons. The zero-order chi connectivity index (χ0) is 19.5. The Morgan fingerprint density at radius 3 is 2.93 bits per heavy atom. The molecule has 1 N–H and O–H groups in total. The van der Waals surface area contributed by atoms with Gasteiger partial charge in [-0.25, -0.2) is 0 Å². The number of thioether (sulfide) groups is 1. The second-order valence-electron chi connectivity index (χ2n) is 6.46. The summed E-state index contributed by atoms with van der Waals surface area (Å²) in [7, 11) is 0. The molecule has 1 amide bonds. The van der Waals surface area contributed by atoms with E-state index in [1.54, 1.807) is 11.3 Å². The molecule has 0 aliphatic carbocycles. The van der Waals surface area contributed by atoms with Crippen molar-refractivity contribution in [3.63, 3.8) is 0 Å². The number of carbonyl (C=O) groups is 1. The third-order valence-corrected chi connectivity index (χ3v) is 6.80. The second-order valence-corrected chi connectivity index (χ2v) is 9.70. The van der Waals surface area contributed by atoms with Gasteiger partial charge in [0.05, 0.1) is 18.4 Å². The number of carbonyl (C=O) groups excluding carboxylic acids is 1. The Morgan fingerprint density at radius 2 is 2.25 bits per heavy atom. The summed E-state index contributed by atoms with van der Waals surface area (Å²) in [6.07, 6.45) is 2.26. The molecule has 1 aliphatic heterocycles. The van der Waals surface area contributed by atoms with Gasteiger partial charge < -0.3 is 4.74 Å². The quantitative estimate of drug-likeness (QED) is 0.567. The lowest BCUT2D eigenvalue weighted by atomic mass is 10.2. The Labute approximate surface area is 174 Å². The number of nitrogens with zero attached hydrogens (tertiary/aromatic N) is 5. The molecule has 3 aromatic rings. The van der Waals surface area contributed by atoms with Crippen molar-refractivity contribution in [2.24, 2.45) is 0 Å². The van der Waals surface area contributed by atoms with E-state index in [0.717, 1.165) is 41.0 Å². The average molecular weight is 437 g/mol. The van der Waals surface area contributed by atoms with Crippen molar-refractivity contribution >= 4 is 45.5 Å². The normalized spacial score (nSPS) is 16.6. The second kappa shape index (κ2) is 8.68. The lowest BCUT2D eigenvalue weighted by molar-refractivity contribution is -0.113. The van der Waals surface area contributed by atoms with Crippen LogP contribution in [0.25, 0.3) is 11.4 Å². The molecule has 3 aromatic heterocycles. The maximum Gasteiger partial charge on any atom is 0.236 e. The van der Waals surface area contributed by atoms with Gasteiger partial charge >= 0.3 is 0 Å². The van der Waals surface area contributed by atoms with E-state index in [9.17, 15) is 4.79 Å². The molecule has 4 heterocycles. The zero-order valence-electron chi connectivity index (χ0n) is 15.5. The fourth-order valence-corrected chi connectivity index (χ4v) is 5.00. The van der Waals surface area contributed by atoms with Crippen molar-refractivity contribution in [3.8, 4) is 11.4 Å². The summed E-state index contributed by atoms with van der Waals surface area (Å²) < 4.78 is 7.88. The largest absolute Gasteiger partial charge is 0.376 e. The highest BCUT2D eigenvalue weighted by atomic mass is 32.2. The van der Waals surface area contributed by atoms with E-state index < -0.39 is 0 Å². The summed E-state index contributed by atoms with van der Waals surface area (Å²) in [6, 6.07) is 2.11. The predicted octanol–water partition coefficient (Wildman–Crippen LogP) is 3.38. The van der Waals surface area contributed by atoms with Gasteiger partial charge in [-0.15, -0.1) is 31.7 Å². The van der Waals surface area contributed by atoms with E-state index in [2.05, 4.69) is 48.6 Å². The van der Waals surface area contributed by atoms with Crippen LogP contribution in [0, 0.1) is 13.8 Å². The standard InChI is InChI=1S/C17H20N6O2S3/c1-10-6-12(8-26-10)15-20-22-17(23(15)7-13-4-3-5-25-13)27-9-14(24)18-16-21-19-11(2)28-16/h6,8,13H,3-5,7,9H2,1-2H3,(H,18,21,24). The van der Waals surface area contributed by atoms with Crippen molar-refractivity contribution in [3.05, 3.63) is 21.3 Å². The van der Waals surface area contributed by atoms with Gasteiger partial charge in [0.1, 0.15) is 5.01 Å². The monoisotopic (exact) mass is 436 g/mol. The number of hydrogen-bond acceptors (Lipinski definition) is 9. The van der Waals surface area contributed by atoms with Crippen LogP contribution in [0.3, 0.4) is 0 Å². The zero-order valence-corrected chi connectivity index (χ0v) is 18.0. The molecule has 11 heteroatoms. The molecule has 1 unspecified atom stereocenters. The van der Waals surface area contributed by atoms with E-state index in [1.165, 1.54) is 28.0 Å². The van der Waals surface area contributed by atoms with Crippen molar-refractivity contribution < 1.29 is 9.53 Å². The van der Waals surface area contributed by atoms with Crippen molar-refractivity contribution in [1.29, 1.82) is 0 Å². The Bertz CT molecular complexity index is 960. The van der Waals surface area contributed by atoms with Crippen LogP contribution in [0.1, 0.15) is 22.7 Å². The van der Waals surface area contributed by atoms with Gasteiger partial charge in [0.2, 0.25) is 11.0 Å². The molecule has 0 spiro atoms. The molecule has 1 fully saturated rings. The number of nitrogens with one attached hydrogen (secondary N) is 1. The van der Waals surface area contributed by atoms with Crippen LogP contribution in [0.4, 0.5) is 5.13 Å². The van der Waals surface area contributed by atoms with Gasteiger partial charge in [0.15, 0.2) is 11.0 Å². The van der Waals surface area contributed by atoms with Crippen molar-refractivity contribution in [2.75, 3.05) is 17.7 Å². The summed E-state index contributed by atoms with van der Waals surface area (Å²) in [5, 5.41) is 23.5. The van der Waals surface area contributed by atoms with Crippen LogP contribution in [0.5, 0.6) is 0 Å². The van der Waals surface area contributed by atoms with Gasteiger partial charge in [-0.1, -0.05) is 23.1 Å².